The standard InChI is InChI=1S/C22H20N4O3/c1-15-20(22(28)26(25-15)18-6-4-3-5-7-18)12-17(13-23)21(27)24-14-16-8-10-19(29-2)11-9-16/h3-12,20H,14H2,1-2H3,(H,24,27)/b17-12-/t20-/m0/s1. The van der Waals surface area contributed by atoms with Crippen molar-refractivity contribution >= 4 is 23.2 Å². The molecule has 0 fully saturated rings. The number of carbonyl (C=O) groups excluding carboxylic acids is 2. The number of carbonyl (C=O) groups is 2. The van der Waals surface area contributed by atoms with E-state index in [9.17, 15) is 14.9 Å². The fourth-order valence-corrected chi connectivity index (χ4v) is 2.88. The Labute approximate surface area is 168 Å². The number of nitrogens with zero attached hydrogens (tertiary/aromatic N) is 3. The van der Waals surface area contributed by atoms with E-state index in [1.165, 1.54) is 11.1 Å². The number of hydrogen-bond acceptors (Lipinski definition) is 5. The highest BCUT2D eigenvalue weighted by molar-refractivity contribution is 6.17. The predicted molar refractivity (Wildman–Crippen MR) is 109 cm³/mol. The first-order valence-electron chi connectivity index (χ1n) is 9.00. The van der Waals surface area contributed by atoms with Crippen molar-refractivity contribution in [2.45, 2.75) is 13.5 Å². The zero-order valence-corrected chi connectivity index (χ0v) is 16.1. The van der Waals surface area contributed by atoms with E-state index in [1.807, 2.05) is 36.4 Å². The molecule has 0 saturated heterocycles. The van der Waals surface area contributed by atoms with Crippen molar-refractivity contribution in [3.05, 3.63) is 71.8 Å². The lowest BCUT2D eigenvalue weighted by Gasteiger charge is -2.13. The molecule has 29 heavy (non-hydrogen) atoms. The van der Waals surface area contributed by atoms with Gasteiger partial charge < -0.3 is 10.1 Å². The van der Waals surface area contributed by atoms with Crippen LogP contribution in [0.3, 0.4) is 0 Å². The number of para-hydroxylation sites is 1. The quantitative estimate of drug-likeness (QED) is 0.608. The molecule has 1 aliphatic heterocycles. The summed E-state index contributed by atoms with van der Waals surface area (Å²) < 4.78 is 5.10. The zero-order valence-electron chi connectivity index (χ0n) is 16.1. The summed E-state index contributed by atoms with van der Waals surface area (Å²) in [6, 6.07) is 18.1. The number of anilines is 1. The normalized spacial score (nSPS) is 16.2. The molecule has 1 heterocycles. The van der Waals surface area contributed by atoms with E-state index in [1.54, 1.807) is 38.3 Å². The molecule has 2 aromatic carbocycles. The van der Waals surface area contributed by atoms with Gasteiger partial charge in [0.2, 0.25) is 0 Å². The molecule has 0 spiro atoms. The van der Waals surface area contributed by atoms with E-state index in [4.69, 9.17) is 4.74 Å². The van der Waals surface area contributed by atoms with E-state index < -0.39 is 11.8 Å². The first-order chi connectivity index (χ1) is 14.0. The van der Waals surface area contributed by atoms with Gasteiger partial charge in [-0.1, -0.05) is 30.3 Å². The number of methoxy groups -OCH3 is 1. The third-order valence-electron chi connectivity index (χ3n) is 4.49. The second-order valence-corrected chi connectivity index (χ2v) is 6.43. The number of benzene rings is 2. The second-order valence-electron chi connectivity index (χ2n) is 6.43. The summed E-state index contributed by atoms with van der Waals surface area (Å²) in [4.78, 5) is 25.2. The van der Waals surface area contributed by atoms with Crippen LogP contribution in [0.15, 0.2) is 71.3 Å². The van der Waals surface area contributed by atoms with E-state index in [0.29, 0.717) is 11.4 Å². The molecule has 2 aromatic rings. The third-order valence-corrected chi connectivity index (χ3v) is 4.49. The van der Waals surface area contributed by atoms with Gasteiger partial charge in [-0.05, 0) is 42.8 Å². The third kappa shape index (κ3) is 4.50. The Morgan fingerprint density at radius 3 is 2.55 bits per heavy atom. The zero-order chi connectivity index (χ0) is 20.8. The average Bonchev–Trinajstić information content (AvgIpc) is 3.04. The molecule has 1 atom stereocenters. The van der Waals surface area contributed by atoms with Crippen LogP contribution < -0.4 is 15.1 Å². The van der Waals surface area contributed by atoms with Crippen LogP contribution in [0.25, 0.3) is 0 Å². The Bertz CT molecular complexity index is 1000. The van der Waals surface area contributed by atoms with Crippen LogP contribution in [0, 0.1) is 17.2 Å². The highest BCUT2D eigenvalue weighted by Crippen LogP contribution is 2.25. The Morgan fingerprint density at radius 1 is 1.24 bits per heavy atom. The molecule has 0 radical (unpaired) electrons. The predicted octanol–water partition coefficient (Wildman–Crippen LogP) is 2.80. The van der Waals surface area contributed by atoms with Crippen molar-refractivity contribution in [3.63, 3.8) is 0 Å². The van der Waals surface area contributed by atoms with E-state index in [0.717, 1.165) is 11.3 Å². The summed E-state index contributed by atoms with van der Waals surface area (Å²) in [6.45, 7) is 1.95. The van der Waals surface area contributed by atoms with Crippen LogP contribution in [0.1, 0.15) is 12.5 Å². The first kappa shape index (κ1) is 19.8. The van der Waals surface area contributed by atoms with Crippen molar-refractivity contribution in [2.75, 3.05) is 12.1 Å². The molecule has 1 N–H and O–H groups in total. The van der Waals surface area contributed by atoms with Gasteiger partial charge in [0.15, 0.2) is 0 Å². The molecule has 146 valence electrons. The van der Waals surface area contributed by atoms with Gasteiger partial charge in [-0.15, -0.1) is 0 Å². The van der Waals surface area contributed by atoms with E-state index in [2.05, 4.69) is 10.4 Å². The molecule has 0 bridgehead atoms. The maximum absolute atomic E-state index is 12.7. The van der Waals surface area contributed by atoms with Crippen molar-refractivity contribution in [3.8, 4) is 11.8 Å². The van der Waals surface area contributed by atoms with Crippen LogP contribution in [0.2, 0.25) is 0 Å². The molecular weight excluding hydrogens is 368 g/mol. The van der Waals surface area contributed by atoms with Crippen molar-refractivity contribution in [1.82, 2.24) is 5.32 Å². The number of nitrogens with one attached hydrogen (secondary N) is 1. The van der Waals surface area contributed by atoms with Crippen LogP contribution >= 0.6 is 0 Å². The van der Waals surface area contributed by atoms with Gasteiger partial charge in [0.05, 0.1) is 24.4 Å². The molecule has 7 heteroatoms. The lowest BCUT2D eigenvalue weighted by molar-refractivity contribution is -0.118. The van der Waals surface area contributed by atoms with Crippen molar-refractivity contribution in [1.29, 1.82) is 5.26 Å². The van der Waals surface area contributed by atoms with Gasteiger partial charge in [-0.3, -0.25) is 9.59 Å². The molecule has 1 aliphatic rings. The smallest absolute Gasteiger partial charge is 0.261 e. The largest absolute Gasteiger partial charge is 0.497 e. The van der Waals surface area contributed by atoms with Gasteiger partial charge in [0.25, 0.3) is 11.8 Å². The topological polar surface area (TPSA) is 94.8 Å². The number of hydrazone groups is 1. The lowest BCUT2D eigenvalue weighted by atomic mass is 10.0. The van der Waals surface area contributed by atoms with E-state index in [-0.39, 0.29) is 18.0 Å². The average molecular weight is 388 g/mol. The van der Waals surface area contributed by atoms with Crippen molar-refractivity contribution < 1.29 is 14.3 Å². The molecule has 2 amide bonds. The molecule has 0 unspecified atom stereocenters. The summed E-state index contributed by atoms with van der Waals surface area (Å²) in [7, 11) is 1.58. The monoisotopic (exact) mass is 388 g/mol. The Morgan fingerprint density at radius 2 is 1.93 bits per heavy atom. The number of rotatable bonds is 6. The van der Waals surface area contributed by atoms with E-state index >= 15 is 0 Å². The van der Waals surface area contributed by atoms with Crippen LogP contribution in [0.5, 0.6) is 5.75 Å². The molecule has 0 saturated carbocycles. The maximum Gasteiger partial charge on any atom is 0.261 e. The minimum Gasteiger partial charge on any atom is -0.497 e. The Hall–Kier alpha value is -3.92. The summed E-state index contributed by atoms with van der Waals surface area (Å²) in [6.07, 6.45) is 1.37. The minimum atomic E-state index is -0.753. The Balaban J connectivity index is 1.70. The number of nitriles is 1. The van der Waals surface area contributed by atoms with Gasteiger partial charge in [-0.25, -0.2) is 0 Å². The number of hydrogen-bond donors (Lipinski definition) is 1. The van der Waals surface area contributed by atoms with Crippen molar-refractivity contribution in [2.24, 2.45) is 11.0 Å². The summed E-state index contributed by atoms with van der Waals surface area (Å²) in [5, 5.41) is 17.7. The highest BCUT2D eigenvalue weighted by Gasteiger charge is 2.33. The SMILES string of the molecule is COc1ccc(CNC(=O)/C(C#N)=C\[C@@H]2C(=O)N(c3ccccc3)N=C2C)cc1. The van der Waals surface area contributed by atoms with Crippen LogP contribution in [-0.4, -0.2) is 24.6 Å². The van der Waals surface area contributed by atoms with Gasteiger partial charge in [0.1, 0.15) is 17.4 Å². The molecule has 0 aliphatic carbocycles. The maximum atomic E-state index is 12.7. The summed E-state index contributed by atoms with van der Waals surface area (Å²) in [5.41, 5.74) is 1.90. The Kier molecular flexibility index (Phi) is 6.05. The molecule has 0 aromatic heterocycles. The minimum absolute atomic E-state index is 0.124. The molecule has 3 rings (SSSR count). The van der Waals surface area contributed by atoms with Gasteiger partial charge >= 0.3 is 0 Å². The highest BCUT2D eigenvalue weighted by atomic mass is 16.5. The number of ether oxygens (including phenoxy) is 1. The lowest BCUT2D eigenvalue weighted by Crippen LogP contribution is -2.28. The molecular formula is C22H20N4O3. The fourth-order valence-electron chi connectivity index (χ4n) is 2.88. The second kappa shape index (κ2) is 8.85. The number of amides is 2. The van der Waals surface area contributed by atoms with Crippen LogP contribution in [0.4, 0.5) is 5.69 Å². The van der Waals surface area contributed by atoms with Crippen LogP contribution in [-0.2, 0) is 16.1 Å². The summed E-state index contributed by atoms with van der Waals surface area (Å²) in [5.74, 6) is -0.877. The summed E-state index contributed by atoms with van der Waals surface area (Å²) >= 11 is 0. The first-order valence-corrected chi connectivity index (χ1v) is 9.00. The van der Waals surface area contributed by atoms with Gasteiger partial charge in [0, 0.05) is 6.54 Å². The fraction of sp³-hybridized carbons (Fsp3) is 0.182. The molecule has 7 nitrogen and oxygen atoms in total. The van der Waals surface area contributed by atoms with Gasteiger partial charge in [-0.2, -0.15) is 15.4 Å².